The molecular formula is C16H17N3O2. The number of hydrogen-bond donors (Lipinski definition) is 0. The number of rotatable bonds is 2. The van der Waals surface area contributed by atoms with Crippen LogP contribution in [0.25, 0.3) is 11.0 Å². The standard InChI is InChI=1S/C16H17N3O2/c1-12(11-17)18-6-8-19(9-7-18)16(20)15-10-13-4-2-3-5-14(13)21-15/h2-5,10,12H,6-9H2,1H3. The summed E-state index contributed by atoms with van der Waals surface area (Å²) < 4.78 is 5.62. The SMILES string of the molecule is CC(C#N)N1CCN(C(=O)c2cc3ccccc3o2)CC1. The number of hydrogen-bond acceptors (Lipinski definition) is 4. The lowest BCUT2D eigenvalue weighted by Crippen LogP contribution is -2.51. The highest BCUT2D eigenvalue weighted by Crippen LogP contribution is 2.20. The molecule has 1 saturated heterocycles. The van der Waals surface area contributed by atoms with Gasteiger partial charge < -0.3 is 9.32 Å². The summed E-state index contributed by atoms with van der Waals surface area (Å²) in [5.74, 6) is 0.313. The van der Waals surface area contributed by atoms with Gasteiger partial charge in [-0.2, -0.15) is 5.26 Å². The van der Waals surface area contributed by atoms with Gasteiger partial charge in [0.05, 0.1) is 12.1 Å². The monoisotopic (exact) mass is 283 g/mol. The van der Waals surface area contributed by atoms with Crippen LogP contribution in [0.1, 0.15) is 17.5 Å². The van der Waals surface area contributed by atoms with Gasteiger partial charge in [-0.25, -0.2) is 0 Å². The van der Waals surface area contributed by atoms with E-state index in [1.54, 1.807) is 11.0 Å². The second-order valence-electron chi connectivity index (χ2n) is 5.28. The Morgan fingerprint density at radius 1 is 1.29 bits per heavy atom. The molecular weight excluding hydrogens is 266 g/mol. The average Bonchev–Trinajstić information content (AvgIpc) is 2.97. The molecule has 1 aliphatic rings. The summed E-state index contributed by atoms with van der Waals surface area (Å²) >= 11 is 0. The minimum atomic E-state index is -0.103. The maximum atomic E-state index is 12.5. The van der Waals surface area contributed by atoms with Crippen molar-refractivity contribution < 1.29 is 9.21 Å². The summed E-state index contributed by atoms with van der Waals surface area (Å²) in [6, 6.07) is 11.5. The van der Waals surface area contributed by atoms with Gasteiger partial charge in [-0.15, -0.1) is 0 Å². The van der Waals surface area contributed by atoms with Crippen molar-refractivity contribution in [1.82, 2.24) is 9.80 Å². The van der Waals surface area contributed by atoms with Gasteiger partial charge in [0.2, 0.25) is 0 Å². The molecule has 1 unspecified atom stereocenters. The van der Waals surface area contributed by atoms with Gasteiger partial charge in [-0.1, -0.05) is 18.2 Å². The van der Waals surface area contributed by atoms with Gasteiger partial charge >= 0.3 is 0 Å². The fourth-order valence-electron chi connectivity index (χ4n) is 2.64. The van der Waals surface area contributed by atoms with Crippen LogP contribution < -0.4 is 0 Å². The first-order chi connectivity index (χ1) is 10.2. The Hall–Kier alpha value is -2.32. The summed E-state index contributed by atoms with van der Waals surface area (Å²) in [5, 5.41) is 9.88. The molecule has 5 heteroatoms. The molecule has 0 spiro atoms. The molecule has 1 fully saturated rings. The number of piperazine rings is 1. The van der Waals surface area contributed by atoms with Crippen molar-refractivity contribution in [3.8, 4) is 6.07 Å². The predicted octanol–water partition coefficient (Wildman–Crippen LogP) is 2.10. The van der Waals surface area contributed by atoms with Gasteiger partial charge in [0.1, 0.15) is 5.58 Å². The summed E-state index contributed by atoms with van der Waals surface area (Å²) in [7, 11) is 0. The lowest BCUT2D eigenvalue weighted by Gasteiger charge is -2.35. The molecule has 3 rings (SSSR count). The maximum absolute atomic E-state index is 12.5. The van der Waals surface area contributed by atoms with Crippen molar-refractivity contribution in [3.05, 3.63) is 36.1 Å². The molecule has 2 heterocycles. The number of carbonyl (C=O) groups is 1. The molecule has 1 aliphatic heterocycles. The van der Waals surface area contributed by atoms with Crippen LogP contribution >= 0.6 is 0 Å². The number of fused-ring (bicyclic) bond motifs is 1. The molecule has 1 aromatic carbocycles. The van der Waals surface area contributed by atoms with E-state index in [9.17, 15) is 4.79 Å². The lowest BCUT2D eigenvalue weighted by atomic mass is 10.2. The van der Waals surface area contributed by atoms with Crippen molar-refractivity contribution in [2.45, 2.75) is 13.0 Å². The molecule has 5 nitrogen and oxygen atoms in total. The minimum absolute atomic E-state index is 0.0736. The number of benzene rings is 1. The van der Waals surface area contributed by atoms with Crippen LogP contribution in [-0.4, -0.2) is 47.9 Å². The van der Waals surface area contributed by atoms with Crippen molar-refractivity contribution >= 4 is 16.9 Å². The zero-order chi connectivity index (χ0) is 14.8. The zero-order valence-electron chi connectivity index (χ0n) is 12.0. The number of nitriles is 1. The largest absolute Gasteiger partial charge is 0.451 e. The van der Waals surface area contributed by atoms with Gasteiger partial charge in [0.15, 0.2) is 5.76 Å². The van der Waals surface area contributed by atoms with E-state index in [1.807, 2.05) is 31.2 Å². The van der Waals surface area contributed by atoms with E-state index >= 15 is 0 Å². The number of furan rings is 1. The van der Waals surface area contributed by atoms with Crippen molar-refractivity contribution in [2.75, 3.05) is 26.2 Å². The first-order valence-electron chi connectivity index (χ1n) is 7.10. The Bertz CT molecular complexity index is 660. The van der Waals surface area contributed by atoms with Crippen LogP contribution in [0.2, 0.25) is 0 Å². The van der Waals surface area contributed by atoms with Crippen molar-refractivity contribution in [2.24, 2.45) is 0 Å². The molecule has 0 N–H and O–H groups in total. The third-order valence-corrected chi connectivity index (χ3v) is 3.97. The van der Waals surface area contributed by atoms with Gasteiger partial charge in [0, 0.05) is 31.6 Å². The Morgan fingerprint density at radius 2 is 2.00 bits per heavy atom. The topological polar surface area (TPSA) is 60.5 Å². The van der Waals surface area contributed by atoms with Gasteiger partial charge in [0.25, 0.3) is 5.91 Å². The number of carbonyl (C=O) groups excluding carboxylic acids is 1. The lowest BCUT2D eigenvalue weighted by molar-refractivity contribution is 0.0587. The minimum Gasteiger partial charge on any atom is -0.451 e. The Kier molecular flexibility index (Phi) is 3.63. The summed E-state index contributed by atoms with van der Waals surface area (Å²) in [6.45, 7) is 4.59. The Morgan fingerprint density at radius 3 is 2.67 bits per heavy atom. The smallest absolute Gasteiger partial charge is 0.289 e. The van der Waals surface area contributed by atoms with Gasteiger partial charge in [-0.05, 0) is 19.1 Å². The van der Waals surface area contributed by atoms with E-state index in [4.69, 9.17) is 9.68 Å². The van der Waals surface area contributed by atoms with Crippen LogP contribution in [0, 0.1) is 11.3 Å². The molecule has 0 radical (unpaired) electrons. The maximum Gasteiger partial charge on any atom is 0.289 e. The van der Waals surface area contributed by atoms with E-state index < -0.39 is 0 Å². The predicted molar refractivity (Wildman–Crippen MR) is 78.8 cm³/mol. The summed E-state index contributed by atoms with van der Waals surface area (Å²) in [5.41, 5.74) is 0.734. The highest BCUT2D eigenvalue weighted by Gasteiger charge is 2.26. The molecule has 1 aromatic heterocycles. The molecule has 0 saturated carbocycles. The summed E-state index contributed by atoms with van der Waals surface area (Å²) in [6.07, 6.45) is 0. The highest BCUT2D eigenvalue weighted by molar-refractivity contribution is 5.96. The zero-order valence-corrected chi connectivity index (χ0v) is 12.0. The van der Waals surface area contributed by atoms with E-state index in [0.717, 1.165) is 24.1 Å². The van der Waals surface area contributed by atoms with Crippen LogP contribution in [0.15, 0.2) is 34.7 Å². The number of para-hydroxylation sites is 1. The van der Waals surface area contributed by atoms with Crippen molar-refractivity contribution in [1.29, 1.82) is 5.26 Å². The average molecular weight is 283 g/mol. The molecule has 21 heavy (non-hydrogen) atoms. The first-order valence-corrected chi connectivity index (χ1v) is 7.10. The first kappa shape index (κ1) is 13.7. The molecule has 0 aliphatic carbocycles. The third-order valence-electron chi connectivity index (χ3n) is 3.97. The number of nitrogens with zero attached hydrogens (tertiary/aromatic N) is 3. The fraction of sp³-hybridized carbons (Fsp3) is 0.375. The Labute approximate surface area is 123 Å². The second-order valence-corrected chi connectivity index (χ2v) is 5.28. The molecule has 0 bridgehead atoms. The van der Waals surface area contributed by atoms with Crippen LogP contribution in [-0.2, 0) is 0 Å². The molecule has 1 atom stereocenters. The summed E-state index contributed by atoms with van der Waals surface area (Å²) in [4.78, 5) is 16.3. The van der Waals surface area contributed by atoms with E-state index in [2.05, 4.69) is 11.0 Å². The molecule has 1 amide bonds. The van der Waals surface area contributed by atoms with E-state index in [0.29, 0.717) is 18.8 Å². The quantitative estimate of drug-likeness (QED) is 0.847. The fourth-order valence-corrected chi connectivity index (χ4v) is 2.64. The molecule has 108 valence electrons. The van der Waals surface area contributed by atoms with Crippen LogP contribution in [0.5, 0.6) is 0 Å². The second kappa shape index (κ2) is 5.58. The van der Waals surface area contributed by atoms with E-state index in [1.165, 1.54) is 0 Å². The van der Waals surface area contributed by atoms with E-state index in [-0.39, 0.29) is 11.9 Å². The van der Waals surface area contributed by atoms with Crippen LogP contribution in [0.4, 0.5) is 0 Å². The highest BCUT2D eigenvalue weighted by atomic mass is 16.3. The Balaban J connectivity index is 1.71. The number of amides is 1. The normalized spacial score (nSPS) is 17.6. The van der Waals surface area contributed by atoms with Crippen LogP contribution in [0.3, 0.4) is 0 Å². The third kappa shape index (κ3) is 2.63. The molecule has 2 aromatic rings. The van der Waals surface area contributed by atoms with Crippen molar-refractivity contribution in [3.63, 3.8) is 0 Å². The van der Waals surface area contributed by atoms with Gasteiger partial charge in [-0.3, -0.25) is 9.69 Å².